The van der Waals surface area contributed by atoms with E-state index in [4.69, 9.17) is 10.5 Å². The Morgan fingerprint density at radius 1 is 1.38 bits per heavy atom. The van der Waals surface area contributed by atoms with E-state index in [1.807, 2.05) is 24.3 Å². The predicted molar refractivity (Wildman–Crippen MR) is 59.1 cm³/mol. The molecule has 0 aliphatic carbocycles. The van der Waals surface area contributed by atoms with Crippen molar-refractivity contribution in [3.63, 3.8) is 0 Å². The lowest BCUT2D eigenvalue weighted by Crippen LogP contribution is -2.12. The number of nitrogens with zero attached hydrogens (tertiary/aromatic N) is 1. The zero-order valence-corrected chi connectivity index (χ0v) is 8.73. The first-order chi connectivity index (χ1) is 7.70. The number of carbonyl (C=O) groups excluding carboxylic acids is 1. The number of methoxy groups -OCH3 is 1. The van der Waals surface area contributed by atoms with E-state index in [0.717, 1.165) is 17.0 Å². The van der Waals surface area contributed by atoms with Crippen LogP contribution in [0.4, 0.5) is 0 Å². The Hall–Kier alpha value is -2.30. The summed E-state index contributed by atoms with van der Waals surface area (Å²) < 4.78 is 5.05. The number of hydrogen-bond donors (Lipinski definition) is 2. The molecule has 0 atom stereocenters. The van der Waals surface area contributed by atoms with Crippen LogP contribution in [0.15, 0.2) is 30.5 Å². The number of amides is 1. The summed E-state index contributed by atoms with van der Waals surface area (Å²) in [7, 11) is 1.61. The van der Waals surface area contributed by atoms with Crippen molar-refractivity contribution in [1.82, 2.24) is 9.97 Å². The summed E-state index contributed by atoms with van der Waals surface area (Å²) >= 11 is 0. The number of carbonyl (C=O) groups is 1. The molecule has 0 saturated carbocycles. The fourth-order valence-electron chi connectivity index (χ4n) is 1.36. The Balaban J connectivity index is 2.31. The molecular formula is C11H11N3O2. The molecule has 0 bridgehead atoms. The van der Waals surface area contributed by atoms with E-state index >= 15 is 0 Å². The molecule has 0 spiro atoms. The fraction of sp³-hybridized carbons (Fsp3) is 0.0909. The van der Waals surface area contributed by atoms with Gasteiger partial charge in [0.05, 0.1) is 19.0 Å². The maximum Gasteiger partial charge on any atom is 0.284 e. The van der Waals surface area contributed by atoms with E-state index in [1.54, 1.807) is 13.3 Å². The minimum absolute atomic E-state index is 0.158. The van der Waals surface area contributed by atoms with E-state index in [2.05, 4.69) is 9.97 Å². The number of nitrogens with two attached hydrogens (primary N) is 1. The Bertz CT molecular complexity index is 502. The summed E-state index contributed by atoms with van der Waals surface area (Å²) in [6, 6.07) is 7.41. The molecule has 5 heteroatoms. The molecule has 1 aromatic carbocycles. The molecule has 5 nitrogen and oxygen atoms in total. The number of nitrogens with one attached hydrogen (secondary N) is 1. The van der Waals surface area contributed by atoms with Gasteiger partial charge in [0.1, 0.15) is 5.75 Å². The van der Waals surface area contributed by atoms with Gasteiger partial charge in [-0.25, -0.2) is 4.98 Å². The number of hydrogen-bond acceptors (Lipinski definition) is 3. The van der Waals surface area contributed by atoms with Crippen molar-refractivity contribution in [3.05, 3.63) is 36.3 Å². The standard InChI is InChI=1S/C11H11N3O2/c1-16-8-4-2-7(3-5-8)9-6-13-11(14-9)10(12)15/h2-6H,1H3,(H2,12,15)(H,13,14). The average Bonchev–Trinajstić information content (AvgIpc) is 2.78. The maximum absolute atomic E-state index is 10.9. The number of aromatic amines is 1. The van der Waals surface area contributed by atoms with E-state index < -0.39 is 5.91 Å². The van der Waals surface area contributed by atoms with Crippen LogP contribution in [0.25, 0.3) is 11.3 Å². The Morgan fingerprint density at radius 3 is 2.56 bits per heavy atom. The molecule has 0 saturated heterocycles. The molecule has 0 aliphatic heterocycles. The van der Waals surface area contributed by atoms with Gasteiger partial charge in [0, 0.05) is 0 Å². The van der Waals surface area contributed by atoms with E-state index in [0.29, 0.717) is 0 Å². The van der Waals surface area contributed by atoms with Crippen molar-refractivity contribution in [2.24, 2.45) is 5.73 Å². The van der Waals surface area contributed by atoms with E-state index in [1.165, 1.54) is 0 Å². The first-order valence-electron chi connectivity index (χ1n) is 4.70. The first-order valence-corrected chi connectivity index (χ1v) is 4.70. The van der Waals surface area contributed by atoms with Gasteiger partial charge in [-0.2, -0.15) is 0 Å². The number of H-pyrrole nitrogens is 1. The van der Waals surface area contributed by atoms with E-state index in [9.17, 15) is 4.79 Å². The van der Waals surface area contributed by atoms with Gasteiger partial charge >= 0.3 is 0 Å². The monoisotopic (exact) mass is 217 g/mol. The molecule has 0 radical (unpaired) electrons. The minimum Gasteiger partial charge on any atom is -0.497 e. The van der Waals surface area contributed by atoms with Crippen molar-refractivity contribution in [2.45, 2.75) is 0 Å². The van der Waals surface area contributed by atoms with Gasteiger partial charge in [0.15, 0.2) is 5.82 Å². The van der Waals surface area contributed by atoms with Crippen LogP contribution in [0.2, 0.25) is 0 Å². The smallest absolute Gasteiger partial charge is 0.284 e. The summed E-state index contributed by atoms with van der Waals surface area (Å²) in [5.41, 5.74) is 6.76. The minimum atomic E-state index is -0.570. The van der Waals surface area contributed by atoms with Gasteiger partial charge in [-0.3, -0.25) is 4.79 Å². The molecule has 82 valence electrons. The Labute approximate surface area is 92.3 Å². The Kier molecular flexibility index (Phi) is 2.59. The highest BCUT2D eigenvalue weighted by Crippen LogP contribution is 2.20. The highest BCUT2D eigenvalue weighted by molar-refractivity contribution is 5.89. The third kappa shape index (κ3) is 1.88. The fourth-order valence-corrected chi connectivity index (χ4v) is 1.36. The molecule has 0 fully saturated rings. The van der Waals surface area contributed by atoms with Crippen molar-refractivity contribution in [1.29, 1.82) is 0 Å². The van der Waals surface area contributed by atoms with Gasteiger partial charge in [0.2, 0.25) is 0 Å². The molecule has 2 rings (SSSR count). The average molecular weight is 217 g/mol. The van der Waals surface area contributed by atoms with Crippen LogP contribution in [0.1, 0.15) is 10.6 Å². The highest BCUT2D eigenvalue weighted by Gasteiger charge is 2.07. The number of primary amides is 1. The number of benzene rings is 1. The Morgan fingerprint density at radius 2 is 2.06 bits per heavy atom. The molecule has 1 heterocycles. The lowest BCUT2D eigenvalue weighted by molar-refractivity contribution is 0.0991. The zero-order chi connectivity index (χ0) is 11.5. The SMILES string of the molecule is COc1ccc(-c2cnc(C(N)=O)[nH]2)cc1. The third-order valence-corrected chi connectivity index (χ3v) is 2.21. The zero-order valence-electron chi connectivity index (χ0n) is 8.73. The molecule has 16 heavy (non-hydrogen) atoms. The molecule has 1 amide bonds. The van der Waals surface area contributed by atoms with Crippen LogP contribution < -0.4 is 10.5 Å². The second kappa shape index (κ2) is 4.06. The lowest BCUT2D eigenvalue weighted by Gasteiger charge is -2.00. The number of imidazole rings is 1. The van der Waals surface area contributed by atoms with Gasteiger partial charge in [-0.05, 0) is 29.8 Å². The van der Waals surface area contributed by atoms with Gasteiger partial charge in [-0.1, -0.05) is 0 Å². The lowest BCUT2D eigenvalue weighted by atomic mass is 10.2. The predicted octanol–water partition coefficient (Wildman–Crippen LogP) is 1.18. The van der Waals surface area contributed by atoms with Gasteiger partial charge < -0.3 is 15.5 Å². The van der Waals surface area contributed by atoms with Crippen LogP contribution in [0, 0.1) is 0 Å². The number of ether oxygens (including phenoxy) is 1. The maximum atomic E-state index is 10.9. The molecule has 3 N–H and O–H groups in total. The largest absolute Gasteiger partial charge is 0.497 e. The van der Waals surface area contributed by atoms with E-state index in [-0.39, 0.29) is 5.82 Å². The molecule has 0 aliphatic rings. The van der Waals surface area contributed by atoms with Crippen LogP contribution >= 0.6 is 0 Å². The quantitative estimate of drug-likeness (QED) is 0.810. The molecule has 2 aromatic rings. The van der Waals surface area contributed by atoms with Crippen molar-refractivity contribution in [2.75, 3.05) is 7.11 Å². The third-order valence-electron chi connectivity index (χ3n) is 2.21. The van der Waals surface area contributed by atoms with Gasteiger partial charge in [0.25, 0.3) is 5.91 Å². The molecule has 0 unspecified atom stereocenters. The van der Waals surface area contributed by atoms with Crippen LogP contribution in [-0.2, 0) is 0 Å². The number of aromatic nitrogens is 2. The summed E-state index contributed by atoms with van der Waals surface area (Å²) in [4.78, 5) is 17.6. The summed E-state index contributed by atoms with van der Waals surface area (Å²) in [5.74, 6) is 0.365. The van der Waals surface area contributed by atoms with Crippen LogP contribution in [-0.4, -0.2) is 23.0 Å². The second-order valence-corrected chi connectivity index (χ2v) is 3.24. The topological polar surface area (TPSA) is 81.0 Å². The molecule has 1 aromatic heterocycles. The van der Waals surface area contributed by atoms with Crippen molar-refractivity contribution < 1.29 is 9.53 Å². The normalized spacial score (nSPS) is 10.1. The van der Waals surface area contributed by atoms with Crippen LogP contribution in [0.5, 0.6) is 5.75 Å². The van der Waals surface area contributed by atoms with Crippen molar-refractivity contribution in [3.8, 4) is 17.0 Å². The highest BCUT2D eigenvalue weighted by atomic mass is 16.5. The van der Waals surface area contributed by atoms with Crippen molar-refractivity contribution >= 4 is 5.91 Å². The van der Waals surface area contributed by atoms with Gasteiger partial charge in [-0.15, -0.1) is 0 Å². The summed E-state index contributed by atoms with van der Waals surface area (Å²) in [6.07, 6.45) is 1.57. The summed E-state index contributed by atoms with van der Waals surface area (Å²) in [6.45, 7) is 0. The second-order valence-electron chi connectivity index (χ2n) is 3.24. The number of rotatable bonds is 3. The first kappa shape index (κ1) is 10.2. The molecular weight excluding hydrogens is 206 g/mol. The van der Waals surface area contributed by atoms with Crippen LogP contribution in [0.3, 0.4) is 0 Å². The summed E-state index contributed by atoms with van der Waals surface area (Å²) in [5, 5.41) is 0.